The highest BCUT2D eigenvalue weighted by molar-refractivity contribution is 5.93. The summed E-state index contributed by atoms with van der Waals surface area (Å²) in [5.74, 6) is 0. The Morgan fingerprint density at radius 3 is 2.72 bits per heavy atom. The third-order valence-electron chi connectivity index (χ3n) is 4.02. The van der Waals surface area contributed by atoms with Crippen LogP contribution in [0.4, 0.5) is 5.69 Å². The Hall–Kier alpha value is -1.61. The standard InChI is InChI=1S/C15H18N2O/c1-9-3-4-11-12(17-13-5-6-14(13)18)7-8-16-15(11)10(9)2/h3-4,7-8,13-14,18H,5-6H2,1-2H3,(H,16,17)/t13-,14+/m1/s1. The number of benzene rings is 1. The van der Waals surface area contributed by atoms with Crippen LogP contribution in [-0.2, 0) is 0 Å². The van der Waals surface area contributed by atoms with Crippen molar-refractivity contribution >= 4 is 16.6 Å². The van der Waals surface area contributed by atoms with Crippen LogP contribution in [0.5, 0.6) is 0 Å². The fourth-order valence-electron chi connectivity index (χ4n) is 2.44. The van der Waals surface area contributed by atoms with Crippen LogP contribution in [0.25, 0.3) is 10.9 Å². The average molecular weight is 242 g/mol. The molecule has 94 valence electrons. The Morgan fingerprint density at radius 2 is 2.06 bits per heavy atom. The first kappa shape index (κ1) is 11.5. The van der Waals surface area contributed by atoms with Gasteiger partial charge in [0.25, 0.3) is 0 Å². The molecule has 0 bridgehead atoms. The van der Waals surface area contributed by atoms with Crippen molar-refractivity contribution in [2.45, 2.75) is 38.8 Å². The molecule has 1 heterocycles. The number of anilines is 1. The molecular weight excluding hydrogens is 224 g/mol. The smallest absolute Gasteiger partial charge is 0.0754 e. The van der Waals surface area contributed by atoms with Crippen LogP contribution < -0.4 is 5.32 Å². The van der Waals surface area contributed by atoms with E-state index >= 15 is 0 Å². The number of rotatable bonds is 2. The van der Waals surface area contributed by atoms with Gasteiger partial charge in [-0.15, -0.1) is 0 Å². The van der Waals surface area contributed by atoms with Crippen LogP contribution in [-0.4, -0.2) is 22.2 Å². The second-order valence-corrected chi connectivity index (χ2v) is 5.16. The molecule has 0 amide bonds. The summed E-state index contributed by atoms with van der Waals surface area (Å²) >= 11 is 0. The predicted molar refractivity (Wildman–Crippen MR) is 73.9 cm³/mol. The summed E-state index contributed by atoms with van der Waals surface area (Å²) in [6, 6.07) is 6.42. The highest BCUT2D eigenvalue weighted by Crippen LogP contribution is 2.30. The van der Waals surface area contributed by atoms with Crippen LogP contribution >= 0.6 is 0 Å². The summed E-state index contributed by atoms with van der Waals surface area (Å²) in [6.45, 7) is 4.21. The molecule has 3 heteroatoms. The van der Waals surface area contributed by atoms with E-state index in [1.807, 2.05) is 12.3 Å². The molecule has 1 aliphatic carbocycles. The van der Waals surface area contributed by atoms with E-state index in [2.05, 4.69) is 36.3 Å². The van der Waals surface area contributed by atoms with Crippen molar-refractivity contribution in [2.75, 3.05) is 5.32 Å². The lowest BCUT2D eigenvalue weighted by Crippen LogP contribution is -2.42. The van der Waals surface area contributed by atoms with E-state index in [0.717, 1.165) is 29.4 Å². The number of aryl methyl sites for hydroxylation is 2. The minimum atomic E-state index is -0.209. The minimum Gasteiger partial charge on any atom is -0.391 e. The first-order valence-electron chi connectivity index (χ1n) is 6.46. The van der Waals surface area contributed by atoms with Crippen molar-refractivity contribution in [3.05, 3.63) is 35.5 Å². The molecule has 0 saturated heterocycles. The number of aromatic nitrogens is 1. The van der Waals surface area contributed by atoms with Gasteiger partial charge in [0.15, 0.2) is 0 Å². The summed E-state index contributed by atoms with van der Waals surface area (Å²) in [4.78, 5) is 4.47. The van der Waals surface area contributed by atoms with E-state index in [1.165, 1.54) is 11.1 Å². The molecule has 0 aliphatic heterocycles. The maximum atomic E-state index is 9.66. The molecule has 0 spiro atoms. The van der Waals surface area contributed by atoms with Crippen LogP contribution in [0.15, 0.2) is 24.4 Å². The second-order valence-electron chi connectivity index (χ2n) is 5.16. The van der Waals surface area contributed by atoms with Gasteiger partial charge >= 0.3 is 0 Å². The number of aliphatic hydroxyl groups excluding tert-OH is 1. The number of hydrogen-bond donors (Lipinski definition) is 2. The lowest BCUT2D eigenvalue weighted by atomic mass is 9.89. The van der Waals surface area contributed by atoms with Gasteiger partial charge in [0.2, 0.25) is 0 Å². The molecule has 0 unspecified atom stereocenters. The van der Waals surface area contributed by atoms with E-state index < -0.39 is 0 Å². The Balaban J connectivity index is 2.04. The molecule has 1 fully saturated rings. The third kappa shape index (κ3) is 1.75. The maximum Gasteiger partial charge on any atom is 0.0754 e. The van der Waals surface area contributed by atoms with Crippen LogP contribution in [0.3, 0.4) is 0 Å². The van der Waals surface area contributed by atoms with Crippen molar-refractivity contribution in [2.24, 2.45) is 0 Å². The molecule has 3 nitrogen and oxygen atoms in total. The van der Waals surface area contributed by atoms with Gasteiger partial charge in [0.1, 0.15) is 0 Å². The largest absolute Gasteiger partial charge is 0.391 e. The van der Waals surface area contributed by atoms with Crippen LogP contribution in [0.1, 0.15) is 24.0 Å². The summed E-state index contributed by atoms with van der Waals surface area (Å²) < 4.78 is 0. The van der Waals surface area contributed by atoms with Gasteiger partial charge in [0, 0.05) is 17.3 Å². The average Bonchev–Trinajstić information content (AvgIpc) is 2.38. The Kier molecular flexibility index (Phi) is 2.71. The Morgan fingerprint density at radius 1 is 1.22 bits per heavy atom. The van der Waals surface area contributed by atoms with Gasteiger partial charge in [-0.1, -0.05) is 12.1 Å². The zero-order valence-electron chi connectivity index (χ0n) is 10.8. The first-order valence-corrected chi connectivity index (χ1v) is 6.46. The number of pyridine rings is 1. The van der Waals surface area contributed by atoms with E-state index in [4.69, 9.17) is 0 Å². The molecule has 3 rings (SSSR count). The monoisotopic (exact) mass is 242 g/mol. The summed E-state index contributed by atoms with van der Waals surface area (Å²) in [7, 11) is 0. The molecule has 2 N–H and O–H groups in total. The van der Waals surface area contributed by atoms with E-state index in [1.54, 1.807) is 0 Å². The topological polar surface area (TPSA) is 45.1 Å². The first-order chi connectivity index (χ1) is 8.66. The van der Waals surface area contributed by atoms with Gasteiger partial charge in [-0.05, 0) is 43.9 Å². The SMILES string of the molecule is Cc1ccc2c(N[C@@H]3CC[C@@H]3O)ccnc2c1C. The molecule has 2 aromatic rings. The second kappa shape index (κ2) is 4.25. The van der Waals surface area contributed by atoms with Crippen molar-refractivity contribution in [3.8, 4) is 0 Å². The fourth-order valence-corrected chi connectivity index (χ4v) is 2.44. The maximum absolute atomic E-state index is 9.66. The number of aliphatic hydroxyl groups is 1. The highest BCUT2D eigenvalue weighted by atomic mass is 16.3. The van der Waals surface area contributed by atoms with Crippen molar-refractivity contribution in [1.29, 1.82) is 0 Å². The van der Waals surface area contributed by atoms with Crippen molar-refractivity contribution in [3.63, 3.8) is 0 Å². The van der Waals surface area contributed by atoms with Crippen molar-refractivity contribution in [1.82, 2.24) is 4.98 Å². The van der Waals surface area contributed by atoms with Crippen LogP contribution in [0, 0.1) is 13.8 Å². The number of nitrogens with one attached hydrogen (secondary N) is 1. The predicted octanol–water partition coefficient (Wildman–Crippen LogP) is 2.79. The molecule has 1 aliphatic rings. The van der Waals surface area contributed by atoms with Gasteiger partial charge in [-0.25, -0.2) is 0 Å². The molecule has 1 saturated carbocycles. The quantitative estimate of drug-likeness (QED) is 0.851. The fraction of sp³-hybridized carbons (Fsp3) is 0.400. The zero-order valence-corrected chi connectivity index (χ0v) is 10.8. The molecule has 18 heavy (non-hydrogen) atoms. The molecule has 1 aromatic heterocycles. The van der Waals surface area contributed by atoms with E-state index in [0.29, 0.717) is 0 Å². The normalized spacial score (nSPS) is 22.8. The van der Waals surface area contributed by atoms with Gasteiger partial charge in [0.05, 0.1) is 17.7 Å². The van der Waals surface area contributed by atoms with E-state index in [-0.39, 0.29) is 12.1 Å². The summed E-state index contributed by atoms with van der Waals surface area (Å²) in [5, 5.41) is 14.2. The molecule has 1 aromatic carbocycles. The van der Waals surface area contributed by atoms with Crippen molar-refractivity contribution < 1.29 is 5.11 Å². The summed E-state index contributed by atoms with van der Waals surface area (Å²) in [6.07, 6.45) is 3.57. The Bertz CT molecular complexity index is 594. The van der Waals surface area contributed by atoms with Crippen LogP contribution in [0.2, 0.25) is 0 Å². The molecule has 0 radical (unpaired) electrons. The highest BCUT2D eigenvalue weighted by Gasteiger charge is 2.28. The minimum absolute atomic E-state index is 0.192. The molecular formula is C15H18N2O. The molecule has 2 atom stereocenters. The zero-order chi connectivity index (χ0) is 12.7. The van der Waals surface area contributed by atoms with Gasteiger partial charge < -0.3 is 10.4 Å². The lowest BCUT2D eigenvalue weighted by molar-refractivity contribution is 0.0787. The number of hydrogen-bond acceptors (Lipinski definition) is 3. The Labute approximate surface area is 107 Å². The van der Waals surface area contributed by atoms with Gasteiger partial charge in [-0.3, -0.25) is 4.98 Å². The third-order valence-corrected chi connectivity index (χ3v) is 4.02. The van der Waals surface area contributed by atoms with Gasteiger partial charge in [-0.2, -0.15) is 0 Å². The lowest BCUT2D eigenvalue weighted by Gasteiger charge is -2.34. The van der Waals surface area contributed by atoms with E-state index in [9.17, 15) is 5.11 Å². The number of nitrogens with zero attached hydrogens (tertiary/aromatic N) is 1. The number of fused-ring (bicyclic) bond motifs is 1. The summed E-state index contributed by atoms with van der Waals surface area (Å²) in [5.41, 5.74) is 4.61.